The second-order valence-corrected chi connectivity index (χ2v) is 33.2. The van der Waals surface area contributed by atoms with Gasteiger partial charge in [0, 0.05) is 98.9 Å². The number of rotatable bonds is 21. The zero-order valence-electron chi connectivity index (χ0n) is 60.6. The van der Waals surface area contributed by atoms with Gasteiger partial charge in [-0.2, -0.15) is 0 Å². The summed E-state index contributed by atoms with van der Waals surface area (Å²) in [5.74, 6) is 4.28. The van der Waals surface area contributed by atoms with Crippen molar-refractivity contribution in [2.45, 2.75) is 182 Å². The quantitative estimate of drug-likeness (QED) is 0.0264. The van der Waals surface area contributed by atoms with Crippen molar-refractivity contribution < 1.29 is 28.7 Å². The number of terminal acetylenes is 1. The minimum atomic E-state index is -0.351. The molecule has 7 N–H and O–H groups in total. The van der Waals surface area contributed by atoms with Crippen LogP contribution in [0.1, 0.15) is 236 Å². The van der Waals surface area contributed by atoms with Gasteiger partial charge in [-0.15, -0.1) is 18.2 Å². The van der Waals surface area contributed by atoms with Gasteiger partial charge < -0.3 is 45.7 Å². The molecule has 3 aromatic heterocycles. The summed E-state index contributed by atoms with van der Waals surface area (Å²) in [7, 11) is 3.39. The van der Waals surface area contributed by atoms with E-state index in [0.29, 0.717) is 40.2 Å². The summed E-state index contributed by atoms with van der Waals surface area (Å²) in [5.41, 5.74) is 16.9. The minimum Gasteiger partial charge on any atom is -0.497 e. The smallest absolute Gasteiger partial charge is 0.291 e. The summed E-state index contributed by atoms with van der Waals surface area (Å²) in [4.78, 5) is 71.5. The SMILES string of the molecule is C#Cc1cnc(C(=O)Nc2ccc(C(C)(C)NCCOC)cc2C2=CCC(C)(C)CC2)[nH]1.CC(=O)SC(C)(C)c1ccc(NC(=O)c2ncc(C)[nH]2)c(C2=CCC(C)(C)CC2)c1.COc1ccc(CSC(C)(C)c2ccc(NC(=O)c3ncc(C)[nH]3)c(C3=CCC(C)(C)CC3)c2)cc1. The molecule has 7 aromatic rings. The van der Waals surface area contributed by atoms with Gasteiger partial charge in [0.15, 0.2) is 22.6 Å². The molecule has 3 heterocycles. The van der Waals surface area contributed by atoms with E-state index in [1.165, 1.54) is 45.8 Å². The number of thioether (sulfide) groups is 2. The van der Waals surface area contributed by atoms with Crippen LogP contribution >= 0.6 is 23.5 Å². The van der Waals surface area contributed by atoms with Gasteiger partial charge in [-0.1, -0.05) is 108 Å². The molecular formula is C80H102N10O6S2. The van der Waals surface area contributed by atoms with Gasteiger partial charge in [0.05, 0.1) is 19.9 Å². The molecule has 3 amide bonds. The number of aromatic nitrogens is 6. The van der Waals surface area contributed by atoms with E-state index < -0.39 is 0 Å². The molecule has 0 spiro atoms. The number of ether oxygens (including phenoxy) is 2. The molecule has 0 saturated heterocycles. The molecule has 0 bridgehead atoms. The maximum absolute atomic E-state index is 12.9. The van der Waals surface area contributed by atoms with Crippen LogP contribution in [0, 0.1) is 42.4 Å². The van der Waals surface area contributed by atoms with Crippen LogP contribution in [0.4, 0.5) is 17.1 Å². The summed E-state index contributed by atoms with van der Waals surface area (Å²) in [5, 5.41) is 12.8. The molecule has 0 atom stereocenters. The molecule has 3 aliphatic rings. The Kier molecular flexibility index (Phi) is 24.8. The number of benzene rings is 4. The third kappa shape index (κ3) is 20.7. The molecule has 16 nitrogen and oxygen atoms in total. The number of allylic oxidation sites excluding steroid dienone is 6. The third-order valence-electron chi connectivity index (χ3n) is 18.7. The van der Waals surface area contributed by atoms with E-state index in [1.54, 1.807) is 33.5 Å². The molecule has 18 heteroatoms. The fraction of sp³-hybridized carbons (Fsp3) is 0.438. The highest BCUT2D eigenvalue weighted by molar-refractivity contribution is 8.14. The number of H-pyrrole nitrogens is 3. The van der Waals surface area contributed by atoms with Crippen LogP contribution < -0.4 is 26.0 Å². The van der Waals surface area contributed by atoms with Crippen LogP contribution in [0.25, 0.3) is 16.7 Å². The number of carbonyl (C=O) groups excluding carboxylic acids is 4. The summed E-state index contributed by atoms with van der Waals surface area (Å²) in [6, 6.07) is 27.0. The lowest BCUT2D eigenvalue weighted by Crippen LogP contribution is -2.38. The Morgan fingerprint density at radius 3 is 1.35 bits per heavy atom. The predicted molar refractivity (Wildman–Crippen MR) is 405 cm³/mol. The highest BCUT2D eigenvalue weighted by Crippen LogP contribution is 2.47. The van der Waals surface area contributed by atoms with Crippen molar-refractivity contribution in [3.05, 3.63) is 189 Å². The maximum atomic E-state index is 12.9. The van der Waals surface area contributed by atoms with Gasteiger partial charge in [-0.05, 0) is 217 Å². The third-order valence-corrected chi connectivity index (χ3v) is 21.2. The predicted octanol–water partition coefficient (Wildman–Crippen LogP) is 18.5. The monoisotopic (exact) mass is 1360 g/mol. The van der Waals surface area contributed by atoms with E-state index in [1.807, 2.05) is 55.9 Å². The molecule has 98 heavy (non-hydrogen) atoms. The topological polar surface area (TPSA) is 221 Å². The zero-order chi connectivity index (χ0) is 71.4. The number of imidazole rings is 3. The minimum absolute atomic E-state index is 0.0887. The lowest BCUT2D eigenvalue weighted by Gasteiger charge is -2.31. The number of amides is 3. The second kappa shape index (κ2) is 32.2. The molecule has 0 unspecified atom stereocenters. The number of aromatic amines is 3. The van der Waals surface area contributed by atoms with Crippen LogP contribution in [0.5, 0.6) is 5.75 Å². The van der Waals surface area contributed by atoms with Crippen molar-refractivity contribution in [2.75, 3.05) is 43.3 Å². The average Bonchev–Trinajstić information content (AvgIpc) is 0.864. The van der Waals surface area contributed by atoms with Crippen molar-refractivity contribution in [1.29, 1.82) is 0 Å². The zero-order valence-corrected chi connectivity index (χ0v) is 62.3. The number of aryl methyl sites for hydroxylation is 2. The summed E-state index contributed by atoms with van der Waals surface area (Å²) < 4.78 is 10.0. The molecule has 0 radical (unpaired) electrons. The number of hydrogen-bond acceptors (Lipinski definition) is 12. The molecule has 0 saturated carbocycles. The fourth-order valence-electron chi connectivity index (χ4n) is 12.0. The first kappa shape index (κ1) is 75.6. The lowest BCUT2D eigenvalue weighted by molar-refractivity contribution is -0.109. The van der Waals surface area contributed by atoms with Crippen molar-refractivity contribution >= 4 is 80.1 Å². The van der Waals surface area contributed by atoms with Gasteiger partial charge in [0.1, 0.15) is 11.4 Å². The van der Waals surface area contributed by atoms with Crippen LogP contribution in [-0.2, 0) is 30.3 Å². The van der Waals surface area contributed by atoms with Crippen molar-refractivity contribution in [1.82, 2.24) is 35.2 Å². The summed E-state index contributed by atoms with van der Waals surface area (Å²) in [6.07, 6.45) is 26.5. The number of hydrogen-bond donors (Lipinski definition) is 7. The number of methoxy groups -OCH3 is 2. The van der Waals surface area contributed by atoms with E-state index in [4.69, 9.17) is 15.9 Å². The van der Waals surface area contributed by atoms with E-state index in [-0.39, 0.29) is 43.7 Å². The first-order chi connectivity index (χ1) is 46.2. The lowest BCUT2D eigenvalue weighted by atomic mass is 9.76. The molecule has 0 aliphatic heterocycles. The molecule has 520 valence electrons. The van der Waals surface area contributed by atoms with Crippen LogP contribution in [0.2, 0.25) is 0 Å². The molecule has 10 rings (SSSR count). The van der Waals surface area contributed by atoms with Crippen LogP contribution in [0.15, 0.2) is 116 Å². The Balaban J connectivity index is 0.000000188. The van der Waals surface area contributed by atoms with Gasteiger partial charge in [0.25, 0.3) is 17.7 Å². The molecule has 3 aliphatic carbocycles. The van der Waals surface area contributed by atoms with Crippen molar-refractivity contribution in [2.24, 2.45) is 16.2 Å². The standard InChI is InChI=1S/C30H37N3O2S.C26H34N4O2.C24H31N3O2S/c1-20-18-31-27(32-20)28(34)33-26-12-9-23(17-25(26)22-13-15-29(2,3)16-14-22)30(4,5)36-19-21-7-10-24(35-6)11-8-21;1-7-20-17-27-23(29-20)24(31)30-22-9-8-19(26(4,5)28-14-15-32-6)16-21(22)18-10-12-25(2,3)13-11-18;1-15-14-25-21(26-15)22(29)27-20-8-7-18(24(5,6)30-16(2)28)13-19(20)17-9-11-23(3,4)12-10-17/h7-13,17-18H,14-16,19H2,1-6H3,(H,31,32)(H,33,34);1,8-10,16-17,28H,11-15H2,2-6H3,(H,27,29)(H,30,31);7-9,13-14H,10-12H2,1-6H3,(H,25,26)(H,27,29). The second-order valence-electron chi connectivity index (χ2n) is 29.9. The van der Waals surface area contributed by atoms with Crippen molar-refractivity contribution in [3.8, 4) is 18.1 Å². The Morgan fingerprint density at radius 1 is 0.571 bits per heavy atom. The molecule has 4 aromatic carbocycles. The van der Waals surface area contributed by atoms with Crippen LogP contribution in [-0.4, -0.2) is 80.1 Å². The molecular weight excluding hydrogens is 1260 g/mol. The van der Waals surface area contributed by atoms with E-state index >= 15 is 0 Å². The Hall–Kier alpha value is -8.21. The highest BCUT2D eigenvalue weighted by atomic mass is 32.2. The summed E-state index contributed by atoms with van der Waals surface area (Å²) in [6.45, 7) is 33.5. The number of anilines is 3. The highest BCUT2D eigenvalue weighted by Gasteiger charge is 2.32. The van der Waals surface area contributed by atoms with Crippen molar-refractivity contribution in [3.63, 3.8) is 0 Å². The Morgan fingerprint density at radius 2 is 0.980 bits per heavy atom. The normalized spacial score (nSPS) is 15.7. The van der Waals surface area contributed by atoms with E-state index in [0.717, 1.165) is 132 Å². The van der Waals surface area contributed by atoms with E-state index in [9.17, 15) is 19.2 Å². The Bertz CT molecular complexity index is 4130. The number of carbonyl (C=O) groups is 4. The largest absolute Gasteiger partial charge is 0.497 e. The average molecular weight is 1360 g/mol. The van der Waals surface area contributed by atoms with E-state index in [2.05, 4.69) is 207 Å². The fourth-order valence-corrected chi connectivity index (χ4v) is 14.0. The maximum Gasteiger partial charge on any atom is 0.291 e. The number of nitrogens with zero attached hydrogens (tertiary/aromatic N) is 3. The summed E-state index contributed by atoms with van der Waals surface area (Å²) >= 11 is 3.23. The first-order valence-corrected chi connectivity index (χ1v) is 35.7. The first-order valence-electron chi connectivity index (χ1n) is 33.9. The Labute approximate surface area is 589 Å². The van der Waals surface area contributed by atoms with Crippen LogP contribution in [0.3, 0.4) is 0 Å². The number of nitrogens with one attached hydrogen (secondary N) is 7. The molecule has 0 fully saturated rings. The van der Waals surface area contributed by atoms with Gasteiger partial charge >= 0.3 is 0 Å². The van der Waals surface area contributed by atoms with Gasteiger partial charge in [0.2, 0.25) is 0 Å². The van der Waals surface area contributed by atoms with Gasteiger partial charge in [-0.25, -0.2) is 15.0 Å². The van der Waals surface area contributed by atoms with Gasteiger partial charge in [-0.3, -0.25) is 19.2 Å².